The first kappa shape index (κ1) is 13.8. The molecule has 1 aromatic carbocycles. The number of pyridine rings is 1. The fraction of sp³-hybridized carbons (Fsp3) is 0.267. The lowest BCUT2D eigenvalue weighted by molar-refractivity contribution is 0.322. The molecule has 4 heteroatoms. The molecule has 3 nitrogen and oxygen atoms in total. The van der Waals surface area contributed by atoms with E-state index in [2.05, 4.69) is 4.98 Å². The Hall–Kier alpha value is -1.58. The molecule has 0 aliphatic carbocycles. The van der Waals surface area contributed by atoms with Crippen LogP contribution in [0.1, 0.15) is 24.1 Å². The van der Waals surface area contributed by atoms with Crippen LogP contribution in [0, 0.1) is 0 Å². The van der Waals surface area contributed by atoms with Crippen LogP contribution in [-0.2, 0) is 6.42 Å². The average molecular weight is 277 g/mol. The van der Waals surface area contributed by atoms with E-state index in [-0.39, 0.29) is 6.04 Å². The Labute approximate surface area is 118 Å². The summed E-state index contributed by atoms with van der Waals surface area (Å²) in [6.07, 6.45) is 4.40. The minimum absolute atomic E-state index is 0.0260. The minimum atomic E-state index is -0.0260. The van der Waals surface area contributed by atoms with E-state index < -0.39 is 0 Å². The van der Waals surface area contributed by atoms with Gasteiger partial charge in [-0.3, -0.25) is 4.98 Å². The molecule has 19 heavy (non-hydrogen) atoms. The molecular weight excluding hydrogens is 260 g/mol. The first-order valence-electron chi connectivity index (χ1n) is 6.23. The maximum absolute atomic E-state index is 6.16. The van der Waals surface area contributed by atoms with Crippen molar-refractivity contribution in [2.75, 3.05) is 6.61 Å². The molecule has 1 heterocycles. The molecule has 0 fully saturated rings. The van der Waals surface area contributed by atoms with Gasteiger partial charge < -0.3 is 10.5 Å². The zero-order valence-corrected chi connectivity index (χ0v) is 11.6. The van der Waals surface area contributed by atoms with Crippen molar-refractivity contribution in [3.05, 3.63) is 58.9 Å². The third kappa shape index (κ3) is 3.94. The summed E-state index contributed by atoms with van der Waals surface area (Å²) in [5.74, 6) is 0.690. The smallest absolute Gasteiger partial charge is 0.137 e. The Balaban J connectivity index is 1.93. The monoisotopic (exact) mass is 276 g/mol. The second-order valence-electron chi connectivity index (χ2n) is 4.44. The SMILES string of the molecule is C[C@H](N)c1ccc(OCCc2cccnc2)c(Cl)c1. The fourth-order valence-corrected chi connectivity index (χ4v) is 1.99. The normalized spacial score (nSPS) is 12.2. The number of hydrogen-bond acceptors (Lipinski definition) is 3. The van der Waals surface area contributed by atoms with Crippen molar-refractivity contribution >= 4 is 11.6 Å². The van der Waals surface area contributed by atoms with Gasteiger partial charge >= 0.3 is 0 Å². The second kappa shape index (κ2) is 6.55. The third-order valence-corrected chi connectivity index (χ3v) is 3.15. The molecule has 2 rings (SSSR count). The van der Waals surface area contributed by atoms with Crippen molar-refractivity contribution in [1.82, 2.24) is 4.98 Å². The second-order valence-corrected chi connectivity index (χ2v) is 4.85. The maximum atomic E-state index is 6.16. The molecule has 0 aliphatic rings. The van der Waals surface area contributed by atoms with Gasteiger partial charge in [-0.15, -0.1) is 0 Å². The summed E-state index contributed by atoms with van der Waals surface area (Å²) in [6, 6.07) is 9.57. The number of aromatic nitrogens is 1. The van der Waals surface area contributed by atoms with E-state index in [1.807, 2.05) is 43.5 Å². The molecule has 0 saturated heterocycles. The predicted molar refractivity (Wildman–Crippen MR) is 77.5 cm³/mol. The van der Waals surface area contributed by atoms with Gasteiger partial charge in [-0.25, -0.2) is 0 Å². The van der Waals surface area contributed by atoms with Crippen LogP contribution in [0.15, 0.2) is 42.7 Å². The van der Waals surface area contributed by atoms with Gasteiger partial charge in [0.25, 0.3) is 0 Å². The van der Waals surface area contributed by atoms with E-state index in [1.54, 1.807) is 6.20 Å². The highest BCUT2D eigenvalue weighted by Crippen LogP contribution is 2.27. The van der Waals surface area contributed by atoms with Crippen molar-refractivity contribution in [3.63, 3.8) is 0 Å². The van der Waals surface area contributed by atoms with E-state index in [0.717, 1.165) is 17.5 Å². The summed E-state index contributed by atoms with van der Waals surface area (Å²) in [5.41, 5.74) is 7.95. The van der Waals surface area contributed by atoms with Gasteiger partial charge in [-0.05, 0) is 36.2 Å². The fourth-order valence-electron chi connectivity index (χ4n) is 1.74. The molecule has 0 saturated carbocycles. The standard InChI is InChI=1S/C15H17ClN2O/c1-11(17)13-4-5-15(14(16)9-13)19-8-6-12-3-2-7-18-10-12/h2-5,7,9-11H,6,8,17H2,1H3/t11-/m0/s1. The lowest BCUT2D eigenvalue weighted by Crippen LogP contribution is -2.06. The van der Waals surface area contributed by atoms with Crippen LogP contribution in [0.4, 0.5) is 0 Å². The Kier molecular flexibility index (Phi) is 4.77. The maximum Gasteiger partial charge on any atom is 0.137 e. The van der Waals surface area contributed by atoms with Gasteiger partial charge in [-0.1, -0.05) is 23.7 Å². The van der Waals surface area contributed by atoms with Crippen LogP contribution in [0.2, 0.25) is 5.02 Å². The topological polar surface area (TPSA) is 48.1 Å². The Morgan fingerprint density at radius 1 is 1.37 bits per heavy atom. The molecule has 2 N–H and O–H groups in total. The van der Waals surface area contributed by atoms with Crippen LogP contribution >= 0.6 is 11.6 Å². The summed E-state index contributed by atoms with van der Waals surface area (Å²) < 4.78 is 5.67. The van der Waals surface area contributed by atoms with Gasteiger partial charge in [0.15, 0.2) is 0 Å². The van der Waals surface area contributed by atoms with Gasteiger partial charge in [0.05, 0.1) is 11.6 Å². The van der Waals surface area contributed by atoms with Crippen molar-refractivity contribution in [2.24, 2.45) is 5.73 Å². The molecule has 100 valence electrons. The van der Waals surface area contributed by atoms with Crippen LogP contribution < -0.4 is 10.5 Å². The summed E-state index contributed by atoms with van der Waals surface area (Å²) in [4.78, 5) is 4.06. The Bertz CT molecular complexity index is 529. The van der Waals surface area contributed by atoms with Gasteiger partial charge in [-0.2, -0.15) is 0 Å². The molecule has 0 amide bonds. The number of rotatable bonds is 5. The first-order valence-corrected chi connectivity index (χ1v) is 6.61. The molecule has 0 aliphatic heterocycles. The van der Waals surface area contributed by atoms with Crippen molar-refractivity contribution < 1.29 is 4.74 Å². The van der Waals surface area contributed by atoms with Crippen LogP contribution in [0.25, 0.3) is 0 Å². The number of nitrogens with two attached hydrogens (primary N) is 1. The Morgan fingerprint density at radius 3 is 2.84 bits per heavy atom. The van der Waals surface area contributed by atoms with Crippen molar-refractivity contribution in [3.8, 4) is 5.75 Å². The molecule has 0 unspecified atom stereocenters. The largest absolute Gasteiger partial charge is 0.492 e. The number of hydrogen-bond donors (Lipinski definition) is 1. The van der Waals surface area contributed by atoms with Gasteiger partial charge in [0.1, 0.15) is 5.75 Å². The van der Waals surface area contributed by atoms with E-state index in [1.165, 1.54) is 0 Å². The zero-order valence-electron chi connectivity index (χ0n) is 10.8. The quantitative estimate of drug-likeness (QED) is 0.911. The first-order chi connectivity index (χ1) is 9.16. The number of nitrogens with zero attached hydrogens (tertiary/aromatic N) is 1. The lowest BCUT2D eigenvalue weighted by atomic mass is 10.1. The van der Waals surface area contributed by atoms with E-state index in [0.29, 0.717) is 17.4 Å². The molecule has 1 atom stereocenters. The van der Waals surface area contributed by atoms with Gasteiger partial charge in [0, 0.05) is 24.9 Å². The predicted octanol–water partition coefficient (Wildman–Crippen LogP) is 3.38. The third-order valence-electron chi connectivity index (χ3n) is 2.85. The van der Waals surface area contributed by atoms with Crippen molar-refractivity contribution in [2.45, 2.75) is 19.4 Å². The average Bonchev–Trinajstić information content (AvgIpc) is 2.41. The Morgan fingerprint density at radius 2 is 2.21 bits per heavy atom. The highest BCUT2D eigenvalue weighted by atomic mass is 35.5. The molecule has 0 bridgehead atoms. The molecular formula is C15H17ClN2O. The molecule has 0 spiro atoms. The molecule has 0 radical (unpaired) electrons. The summed E-state index contributed by atoms with van der Waals surface area (Å²) in [7, 11) is 0. The van der Waals surface area contributed by atoms with Gasteiger partial charge in [0.2, 0.25) is 0 Å². The van der Waals surface area contributed by atoms with Crippen LogP contribution in [0.5, 0.6) is 5.75 Å². The number of halogens is 1. The molecule has 1 aromatic heterocycles. The summed E-state index contributed by atoms with van der Waals surface area (Å²) in [6.45, 7) is 2.50. The number of ether oxygens (including phenoxy) is 1. The van der Waals surface area contributed by atoms with Crippen LogP contribution in [0.3, 0.4) is 0 Å². The van der Waals surface area contributed by atoms with Crippen molar-refractivity contribution in [1.29, 1.82) is 0 Å². The summed E-state index contributed by atoms with van der Waals surface area (Å²) >= 11 is 6.16. The number of benzene rings is 1. The van der Waals surface area contributed by atoms with E-state index in [4.69, 9.17) is 22.1 Å². The molecule has 2 aromatic rings. The zero-order chi connectivity index (χ0) is 13.7. The van der Waals surface area contributed by atoms with E-state index in [9.17, 15) is 0 Å². The lowest BCUT2D eigenvalue weighted by Gasteiger charge is -2.11. The highest BCUT2D eigenvalue weighted by molar-refractivity contribution is 6.32. The van der Waals surface area contributed by atoms with E-state index >= 15 is 0 Å². The minimum Gasteiger partial charge on any atom is -0.492 e. The summed E-state index contributed by atoms with van der Waals surface area (Å²) in [5, 5.41) is 0.598. The van der Waals surface area contributed by atoms with Crippen LogP contribution in [-0.4, -0.2) is 11.6 Å². The highest BCUT2D eigenvalue weighted by Gasteiger charge is 2.06.